The van der Waals surface area contributed by atoms with Crippen molar-refractivity contribution in [1.29, 1.82) is 0 Å². The Balaban J connectivity index is 2.20. The Morgan fingerprint density at radius 2 is 1.75 bits per heavy atom. The van der Waals surface area contributed by atoms with Crippen LogP contribution in [-0.4, -0.2) is 17.5 Å². The molecule has 1 aliphatic rings. The molecule has 2 rings (SSSR count). The van der Waals surface area contributed by atoms with Crippen LogP contribution in [0.4, 0.5) is 0 Å². The second-order valence-corrected chi connectivity index (χ2v) is 5.21. The average Bonchev–Trinajstić information content (AvgIpc) is 2.37. The van der Waals surface area contributed by atoms with Gasteiger partial charge in [-0.15, -0.1) is 0 Å². The van der Waals surface area contributed by atoms with E-state index in [4.69, 9.17) is 4.84 Å². The van der Waals surface area contributed by atoms with Crippen molar-refractivity contribution in [3.63, 3.8) is 0 Å². The van der Waals surface area contributed by atoms with E-state index in [-0.39, 0.29) is 5.78 Å². The quantitative estimate of drug-likeness (QED) is 0.473. The number of oxime groups is 1. The number of benzene rings is 1. The summed E-state index contributed by atoms with van der Waals surface area (Å²) < 4.78 is 0.642. The van der Waals surface area contributed by atoms with E-state index < -0.39 is 5.97 Å². The first-order chi connectivity index (χ1) is 9.49. The summed E-state index contributed by atoms with van der Waals surface area (Å²) in [7, 11) is 0. The van der Waals surface area contributed by atoms with Gasteiger partial charge in [0.2, 0.25) is 0 Å². The van der Waals surface area contributed by atoms with Crippen molar-refractivity contribution in [3.05, 3.63) is 57.6 Å². The summed E-state index contributed by atoms with van der Waals surface area (Å²) in [5, 5.41) is 3.85. The lowest BCUT2D eigenvalue weighted by Crippen LogP contribution is -2.13. The molecule has 1 aliphatic carbocycles. The first-order valence-corrected chi connectivity index (χ1v) is 6.73. The minimum absolute atomic E-state index is 0.0870. The highest BCUT2D eigenvalue weighted by Crippen LogP contribution is 2.18. The maximum absolute atomic E-state index is 11.9. The number of carbonyl (C=O) groups excluding carboxylic acids is 2. The number of nitrogens with zero attached hydrogens (tertiary/aromatic N) is 1. The van der Waals surface area contributed by atoms with Gasteiger partial charge in [0.1, 0.15) is 5.71 Å². The molecule has 0 saturated carbocycles. The highest BCUT2D eigenvalue weighted by atomic mass is 79.9. The first kappa shape index (κ1) is 14.4. The third-order valence-electron chi connectivity index (χ3n) is 2.78. The third-order valence-corrected chi connectivity index (χ3v) is 3.47. The second-order valence-electron chi connectivity index (χ2n) is 4.36. The van der Waals surface area contributed by atoms with Gasteiger partial charge in [0.05, 0.1) is 5.56 Å². The largest absolute Gasteiger partial charge is 0.366 e. The number of rotatable bonds is 2. The van der Waals surface area contributed by atoms with Crippen LogP contribution in [-0.2, 0) is 9.63 Å². The molecule has 0 aromatic heterocycles. The Morgan fingerprint density at radius 1 is 1.15 bits per heavy atom. The summed E-state index contributed by atoms with van der Waals surface area (Å²) in [4.78, 5) is 28.2. The number of hydrogen-bond acceptors (Lipinski definition) is 4. The summed E-state index contributed by atoms with van der Waals surface area (Å²) in [6.45, 7) is 3.50. The molecule has 0 spiro atoms. The highest BCUT2D eigenvalue weighted by Gasteiger charge is 2.16. The van der Waals surface area contributed by atoms with Gasteiger partial charge in [0, 0.05) is 4.47 Å². The normalized spacial score (nSPS) is 14.6. The Kier molecular flexibility index (Phi) is 4.29. The fraction of sp³-hybridized carbons (Fsp3) is 0.133. The van der Waals surface area contributed by atoms with E-state index >= 15 is 0 Å². The van der Waals surface area contributed by atoms with Gasteiger partial charge in [0.25, 0.3) is 0 Å². The maximum atomic E-state index is 11.9. The van der Waals surface area contributed by atoms with E-state index in [2.05, 4.69) is 21.1 Å². The van der Waals surface area contributed by atoms with Crippen LogP contribution >= 0.6 is 15.9 Å². The zero-order valence-corrected chi connectivity index (χ0v) is 12.6. The zero-order valence-electron chi connectivity index (χ0n) is 11.0. The molecular weight excluding hydrogens is 322 g/mol. The van der Waals surface area contributed by atoms with E-state index in [1.165, 1.54) is 12.2 Å². The summed E-state index contributed by atoms with van der Waals surface area (Å²) >= 11 is 3.28. The van der Waals surface area contributed by atoms with Crippen LogP contribution < -0.4 is 0 Å². The Bertz CT molecular complexity index is 647. The molecule has 0 radical (unpaired) electrons. The van der Waals surface area contributed by atoms with Gasteiger partial charge in [-0.3, -0.25) is 4.79 Å². The van der Waals surface area contributed by atoms with Gasteiger partial charge >= 0.3 is 5.97 Å². The molecule has 0 aliphatic heterocycles. The SMILES string of the molecule is CC1=CC(=O)C=C(C)C1=NOC(=O)c1ccccc1Br. The molecule has 0 amide bonds. The van der Waals surface area contributed by atoms with Crippen molar-refractivity contribution in [3.8, 4) is 0 Å². The number of ketones is 1. The molecule has 0 bridgehead atoms. The van der Waals surface area contributed by atoms with Crippen LogP contribution in [0.2, 0.25) is 0 Å². The molecule has 0 unspecified atom stereocenters. The molecule has 0 saturated heterocycles. The van der Waals surface area contributed by atoms with Crippen molar-refractivity contribution < 1.29 is 14.4 Å². The van der Waals surface area contributed by atoms with E-state index in [9.17, 15) is 9.59 Å². The topological polar surface area (TPSA) is 55.7 Å². The van der Waals surface area contributed by atoms with E-state index in [0.717, 1.165) is 0 Å². The standard InChI is InChI=1S/C15H12BrNO3/c1-9-7-11(18)8-10(2)14(9)17-20-15(19)12-5-3-4-6-13(12)16/h3-8H,1-2H3. The number of hydrogen-bond donors (Lipinski definition) is 0. The minimum Gasteiger partial charge on any atom is -0.312 e. The number of halogens is 1. The fourth-order valence-corrected chi connectivity index (χ4v) is 2.27. The lowest BCUT2D eigenvalue weighted by molar-refractivity contribution is -0.110. The van der Waals surface area contributed by atoms with Crippen molar-refractivity contribution in [2.75, 3.05) is 0 Å². The van der Waals surface area contributed by atoms with Crippen molar-refractivity contribution in [2.24, 2.45) is 5.16 Å². The molecule has 5 heteroatoms. The van der Waals surface area contributed by atoms with Crippen molar-refractivity contribution >= 4 is 33.4 Å². The molecule has 0 N–H and O–H groups in total. The number of carbonyl (C=O) groups is 2. The van der Waals surface area contributed by atoms with E-state index in [1.807, 2.05) is 0 Å². The van der Waals surface area contributed by atoms with E-state index in [0.29, 0.717) is 26.9 Å². The predicted molar refractivity (Wildman–Crippen MR) is 79.5 cm³/mol. The molecule has 0 heterocycles. The van der Waals surface area contributed by atoms with Crippen LogP contribution in [0.25, 0.3) is 0 Å². The Morgan fingerprint density at radius 3 is 2.35 bits per heavy atom. The Labute approximate surface area is 124 Å². The smallest absolute Gasteiger partial charge is 0.312 e. The van der Waals surface area contributed by atoms with Gasteiger partial charge in [-0.1, -0.05) is 17.3 Å². The van der Waals surface area contributed by atoms with Gasteiger partial charge in [0.15, 0.2) is 5.78 Å². The monoisotopic (exact) mass is 333 g/mol. The predicted octanol–water partition coefficient (Wildman–Crippen LogP) is 3.44. The number of allylic oxidation sites excluding steroid dienone is 4. The maximum Gasteiger partial charge on any atom is 0.366 e. The molecule has 1 aromatic carbocycles. The average molecular weight is 334 g/mol. The summed E-state index contributed by atoms with van der Waals surface area (Å²) in [5.41, 5.74) is 2.25. The lowest BCUT2D eigenvalue weighted by atomic mass is 9.98. The van der Waals surface area contributed by atoms with Crippen LogP contribution in [0.1, 0.15) is 24.2 Å². The van der Waals surface area contributed by atoms with Crippen LogP contribution in [0.5, 0.6) is 0 Å². The second kappa shape index (κ2) is 5.96. The Hall–Kier alpha value is -2.01. The van der Waals surface area contributed by atoms with Crippen molar-refractivity contribution in [2.45, 2.75) is 13.8 Å². The molecule has 0 atom stereocenters. The molecule has 1 aromatic rings. The summed E-state index contributed by atoms with van der Waals surface area (Å²) in [5.74, 6) is -0.640. The zero-order chi connectivity index (χ0) is 14.7. The van der Waals surface area contributed by atoms with Gasteiger partial charge in [-0.2, -0.15) is 0 Å². The molecule has 0 fully saturated rings. The summed E-state index contributed by atoms with van der Waals surface area (Å²) in [6.07, 6.45) is 2.91. The van der Waals surface area contributed by atoms with Crippen LogP contribution in [0.15, 0.2) is 57.2 Å². The minimum atomic E-state index is -0.553. The van der Waals surface area contributed by atoms with E-state index in [1.54, 1.807) is 38.1 Å². The first-order valence-electron chi connectivity index (χ1n) is 5.94. The lowest BCUT2D eigenvalue weighted by Gasteiger charge is -2.10. The molecule has 4 nitrogen and oxygen atoms in total. The summed E-state index contributed by atoms with van der Waals surface area (Å²) in [6, 6.07) is 6.94. The van der Waals surface area contributed by atoms with Gasteiger partial charge in [-0.25, -0.2) is 4.79 Å². The molecular formula is C15H12BrNO3. The molecule has 20 heavy (non-hydrogen) atoms. The fourth-order valence-electron chi connectivity index (χ4n) is 1.82. The third kappa shape index (κ3) is 3.11. The highest BCUT2D eigenvalue weighted by molar-refractivity contribution is 9.10. The van der Waals surface area contributed by atoms with Crippen molar-refractivity contribution in [1.82, 2.24) is 0 Å². The van der Waals surface area contributed by atoms with Gasteiger partial charge in [-0.05, 0) is 65.2 Å². The van der Waals surface area contributed by atoms with Crippen LogP contribution in [0, 0.1) is 0 Å². The van der Waals surface area contributed by atoms with Gasteiger partial charge < -0.3 is 4.84 Å². The molecule has 102 valence electrons. The van der Waals surface area contributed by atoms with Crippen LogP contribution in [0.3, 0.4) is 0 Å².